The summed E-state index contributed by atoms with van der Waals surface area (Å²) in [5, 5.41) is 3.82. The van der Waals surface area contributed by atoms with Crippen LogP contribution in [0, 0.1) is 5.82 Å². The van der Waals surface area contributed by atoms with Gasteiger partial charge in [0.05, 0.1) is 11.9 Å². The number of nitrogens with two attached hydrogens (primary N) is 1. The molecular weight excluding hydrogens is 327 g/mol. The van der Waals surface area contributed by atoms with E-state index in [2.05, 4.69) is 31.1 Å². The normalized spacial score (nSPS) is 10.7. The predicted molar refractivity (Wildman–Crippen MR) is 75.0 cm³/mol. The van der Waals surface area contributed by atoms with Gasteiger partial charge in [0.1, 0.15) is 11.5 Å². The highest BCUT2D eigenvalue weighted by atomic mass is 79.9. The molecule has 2 heterocycles. The quantitative estimate of drug-likeness (QED) is 0.778. The van der Waals surface area contributed by atoms with Gasteiger partial charge in [-0.15, -0.1) is 0 Å². The molecule has 0 amide bonds. The zero-order valence-corrected chi connectivity index (χ0v) is 11.6. The molecule has 0 unspecified atom stereocenters. The summed E-state index contributed by atoms with van der Waals surface area (Å²) >= 11 is 3.22. The van der Waals surface area contributed by atoms with Gasteiger partial charge < -0.3 is 10.3 Å². The zero-order valence-electron chi connectivity index (χ0n) is 10.0. The van der Waals surface area contributed by atoms with Crippen molar-refractivity contribution in [1.82, 2.24) is 15.1 Å². The van der Waals surface area contributed by atoms with Crippen LogP contribution in [0.1, 0.15) is 0 Å². The van der Waals surface area contributed by atoms with Crippen molar-refractivity contribution in [2.75, 3.05) is 5.73 Å². The third kappa shape index (κ3) is 2.53. The molecule has 0 radical (unpaired) electrons. The fourth-order valence-electron chi connectivity index (χ4n) is 1.66. The third-order valence-electron chi connectivity index (χ3n) is 2.55. The molecule has 0 saturated heterocycles. The molecule has 2 aromatic heterocycles. The number of pyridine rings is 1. The smallest absolute Gasteiger partial charge is 0.276 e. The lowest BCUT2D eigenvalue weighted by atomic mass is 10.2. The number of halogens is 2. The minimum Gasteiger partial charge on any atom is -0.397 e. The molecule has 0 fully saturated rings. The fourth-order valence-corrected chi connectivity index (χ4v) is 2.12. The number of nitrogens with zero attached hydrogens (tertiary/aromatic N) is 3. The Bertz CT molecular complexity index is 737. The summed E-state index contributed by atoms with van der Waals surface area (Å²) in [6, 6.07) is 7.75. The Morgan fingerprint density at radius 1 is 1.20 bits per heavy atom. The van der Waals surface area contributed by atoms with Gasteiger partial charge in [-0.3, -0.25) is 0 Å². The van der Waals surface area contributed by atoms with Crippen LogP contribution >= 0.6 is 15.9 Å². The van der Waals surface area contributed by atoms with Crippen LogP contribution in [0.5, 0.6) is 0 Å². The molecule has 0 aliphatic rings. The second-order valence-corrected chi connectivity index (χ2v) is 4.97. The molecular formula is C13H8BrFN4O. The van der Waals surface area contributed by atoms with Crippen molar-refractivity contribution in [3.63, 3.8) is 0 Å². The fraction of sp³-hybridized carbons (Fsp3) is 0. The largest absolute Gasteiger partial charge is 0.397 e. The van der Waals surface area contributed by atoms with Crippen LogP contribution in [-0.2, 0) is 0 Å². The van der Waals surface area contributed by atoms with Crippen LogP contribution in [0.4, 0.5) is 10.1 Å². The van der Waals surface area contributed by atoms with Gasteiger partial charge in [0.2, 0.25) is 5.82 Å². The summed E-state index contributed by atoms with van der Waals surface area (Å²) in [5.41, 5.74) is 7.13. The monoisotopic (exact) mass is 334 g/mol. The highest BCUT2D eigenvalue weighted by molar-refractivity contribution is 9.10. The summed E-state index contributed by atoms with van der Waals surface area (Å²) in [7, 11) is 0. The van der Waals surface area contributed by atoms with Crippen LogP contribution in [0.25, 0.3) is 23.0 Å². The molecule has 2 N–H and O–H groups in total. The lowest BCUT2D eigenvalue weighted by Crippen LogP contribution is -1.88. The summed E-state index contributed by atoms with van der Waals surface area (Å²) in [6.07, 6.45) is 1.50. The number of aromatic nitrogens is 3. The molecule has 0 aliphatic carbocycles. The first-order chi connectivity index (χ1) is 9.61. The van der Waals surface area contributed by atoms with E-state index in [-0.39, 0.29) is 11.7 Å². The van der Waals surface area contributed by atoms with Gasteiger partial charge in [-0.25, -0.2) is 9.37 Å². The van der Waals surface area contributed by atoms with Gasteiger partial charge in [-0.2, -0.15) is 4.98 Å². The number of benzene rings is 1. The molecule has 0 bridgehead atoms. The van der Waals surface area contributed by atoms with E-state index < -0.39 is 0 Å². The summed E-state index contributed by atoms with van der Waals surface area (Å²) in [5.74, 6) is 0.158. The second kappa shape index (κ2) is 5.01. The van der Waals surface area contributed by atoms with Crippen LogP contribution in [0.3, 0.4) is 0 Å². The Morgan fingerprint density at radius 2 is 2.05 bits per heavy atom. The first-order valence-electron chi connectivity index (χ1n) is 5.64. The van der Waals surface area contributed by atoms with E-state index in [1.807, 2.05) is 0 Å². The standard InChI is InChI=1S/C13H8BrFN4O/c14-8-3-7(4-9(15)5-8)12-18-13(20-19-12)11-2-1-10(16)6-17-11/h1-6H,16H2. The summed E-state index contributed by atoms with van der Waals surface area (Å²) in [4.78, 5) is 8.28. The molecule has 0 saturated carbocycles. The van der Waals surface area contributed by atoms with Gasteiger partial charge >= 0.3 is 0 Å². The molecule has 0 spiro atoms. The SMILES string of the molecule is Nc1ccc(-c2nc(-c3cc(F)cc(Br)c3)no2)nc1. The summed E-state index contributed by atoms with van der Waals surface area (Å²) < 4.78 is 19.1. The minimum absolute atomic E-state index is 0.250. The second-order valence-electron chi connectivity index (χ2n) is 4.06. The third-order valence-corrected chi connectivity index (χ3v) is 3.01. The van der Waals surface area contributed by atoms with Crippen LogP contribution in [-0.4, -0.2) is 15.1 Å². The number of hydrogen-bond donors (Lipinski definition) is 1. The molecule has 0 aliphatic heterocycles. The predicted octanol–water partition coefficient (Wildman–Crippen LogP) is 3.28. The van der Waals surface area contributed by atoms with E-state index in [1.165, 1.54) is 18.3 Å². The van der Waals surface area contributed by atoms with Gasteiger partial charge in [-0.05, 0) is 30.3 Å². The van der Waals surface area contributed by atoms with Crippen molar-refractivity contribution in [2.45, 2.75) is 0 Å². The van der Waals surface area contributed by atoms with Gasteiger partial charge in [-0.1, -0.05) is 21.1 Å². The van der Waals surface area contributed by atoms with E-state index in [0.717, 1.165) is 0 Å². The Balaban J connectivity index is 1.99. The highest BCUT2D eigenvalue weighted by Gasteiger charge is 2.12. The lowest BCUT2D eigenvalue weighted by Gasteiger charge is -1.96. The van der Waals surface area contributed by atoms with Crippen LogP contribution in [0.2, 0.25) is 0 Å². The zero-order chi connectivity index (χ0) is 14.1. The lowest BCUT2D eigenvalue weighted by molar-refractivity contribution is 0.431. The summed E-state index contributed by atoms with van der Waals surface area (Å²) in [6.45, 7) is 0. The Kier molecular flexibility index (Phi) is 3.19. The Labute approximate surface area is 121 Å². The van der Waals surface area contributed by atoms with Crippen molar-refractivity contribution in [3.05, 3.63) is 46.8 Å². The maximum absolute atomic E-state index is 13.3. The molecule has 100 valence electrons. The molecule has 3 rings (SSSR count). The number of anilines is 1. The highest BCUT2D eigenvalue weighted by Crippen LogP contribution is 2.24. The molecule has 20 heavy (non-hydrogen) atoms. The number of hydrogen-bond acceptors (Lipinski definition) is 5. The number of nitrogen functional groups attached to an aromatic ring is 1. The van der Waals surface area contributed by atoms with Crippen molar-refractivity contribution in [2.24, 2.45) is 0 Å². The maximum atomic E-state index is 13.3. The minimum atomic E-state index is -0.383. The van der Waals surface area contributed by atoms with Gasteiger partial charge in [0.25, 0.3) is 5.89 Å². The average Bonchev–Trinajstić information content (AvgIpc) is 2.88. The van der Waals surface area contributed by atoms with E-state index in [4.69, 9.17) is 10.3 Å². The molecule has 1 aromatic carbocycles. The molecule has 3 aromatic rings. The van der Waals surface area contributed by atoms with Crippen molar-refractivity contribution >= 4 is 21.6 Å². The van der Waals surface area contributed by atoms with Gasteiger partial charge in [0, 0.05) is 10.0 Å². The van der Waals surface area contributed by atoms with Gasteiger partial charge in [0.15, 0.2) is 0 Å². The van der Waals surface area contributed by atoms with Crippen LogP contribution in [0.15, 0.2) is 45.5 Å². The molecule has 5 nitrogen and oxygen atoms in total. The maximum Gasteiger partial charge on any atom is 0.276 e. The van der Waals surface area contributed by atoms with E-state index in [9.17, 15) is 4.39 Å². The van der Waals surface area contributed by atoms with E-state index in [0.29, 0.717) is 27.2 Å². The number of rotatable bonds is 2. The Morgan fingerprint density at radius 3 is 2.75 bits per heavy atom. The topological polar surface area (TPSA) is 77.8 Å². The van der Waals surface area contributed by atoms with Crippen molar-refractivity contribution < 1.29 is 8.91 Å². The average molecular weight is 335 g/mol. The van der Waals surface area contributed by atoms with E-state index in [1.54, 1.807) is 18.2 Å². The van der Waals surface area contributed by atoms with Crippen molar-refractivity contribution in [3.8, 4) is 23.0 Å². The molecule has 0 atom stereocenters. The first-order valence-corrected chi connectivity index (χ1v) is 6.43. The Hall–Kier alpha value is -2.28. The first kappa shape index (κ1) is 12.7. The van der Waals surface area contributed by atoms with Crippen LogP contribution < -0.4 is 5.73 Å². The molecule has 7 heteroatoms. The van der Waals surface area contributed by atoms with Crippen molar-refractivity contribution in [1.29, 1.82) is 0 Å². The van der Waals surface area contributed by atoms with E-state index >= 15 is 0 Å².